The summed E-state index contributed by atoms with van der Waals surface area (Å²) < 4.78 is 62.0. The molecule has 1 aromatic rings. The summed E-state index contributed by atoms with van der Waals surface area (Å²) in [4.78, 5) is 4.22. The highest BCUT2D eigenvalue weighted by Crippen LogP contribution is 2.18. The molecule has 0 heterocycles. The number of alkyl halides is 3. The van der Waals surface area contributed by atoms with E-state index in [0.717, 1.165) is 5.56 Å². The Balaban J connectivity index is 2.72. The standard InChI is InChI=1S/C15H23F3N4O2S/c1-3-20-14(21-8-7-15(16,17)18)22-10-12-5-4-6-13(9-12)11-25(23,24)19-2/h4-6,9,19H,3,7-8,10-11H2,1-2H3,(H2,20,21,22). The maximum absolute atomic E-state index is 12.2. The Kier molecular flexibility index (Phi) is 8.17. The Hall–Kier alpha value is -1.81. The topological polar surface area (TPSA) is 82.6 Å². The average molecular weight is 380 g/mol. The predicted molar refractivity (Wildman–Crippen MR) is 91.6 cm³/mol. The molecule has 6 nitrogen and oxygen atoms in total. The third-order valence-corrected chi connectivity index (χ3v) is 4.46. The van der Waals surface area contributed by atoms with Crippen LogP contribution in [-0.4, -0.2) is 40.7 Å². The zero-order valence-electron chi connectivity index (χ0n) is 14.2. The van der Waals surface area contributed by atoms with Crippen LogP contribution in [0.1, 0.15) is 24.5 Å². The summed E-state index contributed by atoms with van der Waals surface area (Å²) in [6.45, 7) is 2.27. The van der Waals surface area contributed by atoms with Crippen LogP contribution in [0, 0.1) is 0 Å². The monoisotopic (exact) mass is 380 g/mol. The highest BCUT2D eigenvalue weighted by molar-refractivity contribution is 7.88. The molecule has 0 saturated heterocycles. The molecule has 142 valence electrons. The molecule has 0 spiro atoms. The fourth-order valence-corrected chi connectivity index (χ4v) is 2.71. The highest BCUT2D eigenvalue weighted by atomic mass is 32.2. The van der Waals surface area contributed by atoms with Crippen LogP contribution < -0.4 is 15.4 Å². The zero-order chi connectivity index (χ0) is 18.9. The van der Waals surface area contributed by atoms with E-state index < -0.39 is 22.6 Å². The number of aliphatic imine (C=N–C) groups is 1. The number of guanidine groups is 1. The van der Waals surface area contributed by atoms with Crippen LogP contribution in [0.15, 0.2) is 29.3 Å². The minimum atomic E-state index is -4.22. The van der Waals surface area contributed by atoms with Crippen molar-refractivity contribution in [1.82, 2.24) is 15.4 Å². The Labute approximate surface area is 146 Å². The number of halogens is 3. The van der Waals surface area contributed by atoms with Crippen molar-refractivity contribution in [2.75, 3.05) is 20.1 Å². The lowest BCUT2D eigenvalue weighted by molar-refractivity contribution is -0.132. The fourth-order valence-electron chi connectivity index (χ4n) is 1.94. The lowest BCUT2D eigenvalue weighted by Crippen LogP contribution is -2.38. The van der Waals surface area contributed by atoms with Crippen LogP contribution in [0.2, 0.25) is 0 Å². The van der Waals surface area contributed by atoms with Gasteiger partial charge in [0, 0.05) is 13.1 Å². The van der Waals surface area contributed by atoms with Gasteiger partial charge in [0.1, 0.15) is 0 Å². The van der Waals surface area contributed by atoms with Crippen molar-refractivity contribution < 1.29 is 21.6 Å². The Morgan fingerprint density at radius 1 is 1.20 bits per heavy atom. The van der Waals surface area contributed by atoms with Gasteiger partial charge in [-0.05, 0) is 25.1 Å². The van der Waals surface area contributed by atoms with E-state index in [1.165, 1.54) is 7.05 Å². The molecule has 0 atom stereocenters. The lowest BCUT2D eigenvalue weighted by Gasteiger charge is -2.12. The molecular formula is C15H23F3N4O2S. The van der Waals surface area contributed by atoms with Gasteiger partial charge in [-0.3, -0.25) is 0 Å². The van der Waals surface area contributed by atoms with Gasteiger partial charge >= 0.3 is 6.18 Å². The Bertz CT molecular complexity index is 676. The zero-order valence-corrected chi connectivity index (χ0v) is 15.0. The van der Waals surface area contributed by atoms with Crippen molar-refractivity contribution in [3.63, 3.8) is 0 Å². The van der Waals surface area contributed by atoms with Crippen LogP contribution >= 0.6 is 0 Å². The largest absolute Gasteiger partial charge is 0.390 e. The molecular weight excluding hydrogens is 357 g/mol. The first kappa shape index (κ1) is 21.2. The van der Waals surface area contributed by atoms with Gasteiger partial charge in [-0.25, -0.2) is 18.1 Å². The summed E-state index contributed by atoms with van der Waals surface area (Å²) in [5.74, 6) is 0.130. The van der Waals surface area contributed by atoms with E-state index in [4.69, 9.17) is 0 Å². The molecule has 3 N–H and O–H groups in total. The highest BCUT2D eigenvalue weighted by Gasteiger charge is 2.26. The van der Waals surface area contributed by atoms with Crippen molar-refractivity contribution in [3.05, 3.63) is 35.4 Å². The first-order valence-electron chi connectivity index (χ1n) is 7.73. The van der Waals surface area contributed by atoms with Gasteiger partial charge in [-0.2, -0.15) is 13.2 Å². The molecule has 0 aliphatic carbocycles. The number of benzene rings is 1. The molecule has 0 saturated carbocycles. The smallest absolute Gasteiger partial charge is 0.357 e. The number of nitrogens with one attached hydrogen (secondary N) is 3. The second-order valence-corrected chi connectivity index (χ2v) is 7.20. The number of nitrogens with zero attached hydrogens (tertiary/aromatic N) is 1. The van der Waals surface area contributed by atoms with Gasteiger partial charge in [0.2, 0.25) is 10.0 Å². The summed E-state index contributed by atoms with van der Waals surface area (Å²) >= 11 is 0. The maximum Gasteiger partial charge on any atom is 0.390 e. The van der Waals surface area contributed by atoms with Crippen molar-refractivity contribution in [1.29, 1.82) is 0 Å². The molecule has 0 fully saturated rings. The summed E-state index contributed by atoms with van der Waals surface area (Å²) in [7, 11) is -2.03. The number of rotatable bonds is 8. The van der Waals surface area contributed by atoms with Gasteiger partial charge in [0.15, 0.2) is 5.96 Å². The van der Waals surface area contributed by atoms with Crippen LogP contribution in [0.25, 0.3) is 0 Å². The Morgan fingerprint density at radius 2 is 1.88 bits per heavy atom. The SMILES string of the molecule is CCNC(=NCc1cccc(CS(=O)(=O)NC)c1)NCCC(F)(F)F. The van der Waals surface area contributed by atoms with E-state index in [1.807, 2.05) is 6.92 Å². The summed E-state index contributed by atoms with van der Waals surface area (Å²) in [5.41, 5.74) is 1.37. The lowest BCUT2D eigenvalue weighted by atomic mass is 10.1. The predicted octanol–water partition coefficient (Wildman–Crippen LogP) is 1.74. The third kappa shape index (κ3) is 9.30. The molecule has 0 aromatic heterocycles. The molecule has 1 aromatic carbocycles. The van der Waals surface area contributed by atoms with Gasteiger partial charge in [0.05, 0.1) is 18.7 Å². The van der Waals surface area contributed by atoms with Gasteiger partial charge in [-0.1, -0.05) is 24.3 Å². The molecule has 25 heavy (non-hydrogen) atoms. The maximum atomic E-state index is 12.2. The molecule has 0 aliphatic heterocycles. The Morgan fingerprint density at radius 3 is 2.48 bits per heavy atom. The van der Waals surface area contributed by atoms with Crippen LogP contribution in [0.3, 0.4) is 0 Å². The van der Waals surface area contributed by atoms with Crippen LogP contribution in [-0.2, 0) is 22.3 Å². The first-order chi connectivity index (χ1) is 11.6. The van der Waals surface area contributed by atoms with Gasteiger partial charge in [0.25, 0.3) is 0 Å². The first-order valence-corrected chi connectivity index (χ1v) is 9.38. The molecule has 0 aliphatic rings. The van der Waals surface area contributed by atoms with Crippen LogP contribution in [0.4, 0.5) is 13.2 Å². The van der Waals surface area contributed by atoms with E-state index >= 15 is 0 Å². The molecule has 10 heteroatoms. The summed E-state index contributed by atoms with van der Waals surface area (Å²) in [5, 5.41) is 5.49. The summed E-state index contributed by atoms with van der Waals surface area (Å²) in [6.07, 6.45) is -5.17. The second kappa shape index (κ2) is 9.62. The number of sulfonamides is 1. The molecule has 0 unspecified atom stereocenters. The molecule has 1 rings (SSSR count). The van der Waals surface area contributed by atoms with E-state index in [9.17, 15) is 21.6 Å². The number of hydrogen-bond donors (Lipinski definition) is 3. The molecule has 0 radical (unpaired) electrons. The van der Waals surface area contributed by atoms with E-state index in [0.29, 0.717) is 12.1 Å². The van der Waals surface area contributed by atoms with Gasteiger partial charge < -0.3 is 10.6 Å². The van der Waals surface area contributed by atoms with Crippen molar-refractivity contribution in [3.8, 4) is 0 Å². The fraction of sp³-hybridized carbons (Fsp3) is 0.533. The van der Waals surface area contributed by atoms with Crippen molar-refractivity contribution in [2.45, 2.75) is 31.8 Å². The minimum absolute atomic E-state index is 0.148. The summed E-state index contributed by atoms with van der Waals surface area (Å²) in [6, 6.07) is 6.89. The van der Waals surface area contributed by atoms with Gasteiger partial charge in [-0.15, -0.1) is 0 Å². The second-order valence-electron chi connectivity index (χ2n) is 5.27. The average Bonchev–Trinajstić information content (AvgIpc) is 2.51. The normalized spacial score (nSPS) is 12.9. The van der Waals surface area contributed by atoms with E-state index in [1.54, 1.807) is 24.3 Å². The minimum Gasteiger partial charge on any atom is -0.357 e. The molecule has 0 amide bonds. The van der Waals surface area contributed by atoms with E-state index in [-0.39, 0.29) is 24.8 Å². The number of hydrogen-bond acceptors (Lipinski definition) is 3. The third-order valence-electron chi connectivity index (χ3n) is 3.12. The molecule has 0 bridgehead atoms. The van der Waals surface area contributed by atoms with Crippen LogP contribution in [0.5, 0.6) is 0 Å². The van der Waals surface area contributed by atoms with E-state index in [2.05, 4.69) is 20.3 Å². The van der Waals surface area contributed by atoms with Crippen molar-refractivity contribution >= 4 is 16.0 Å². The van der Waals surface area contributed by atoms with Crippen molar-refractivity contribution in [2.24, 2.45) is 4.99 Å². The quantitative estimate of drug-likeness (QED) is 0.474.